The van der Waals surface area contributed by atoms with E-state index in [1.54, 1.807) is 17.3 Å². The predicted molar refractivity (Wildman–Crippen MR) is 49.0 cm³/mol. The maximum absolute atomic E-state index is 4.26. The molecular formula is C9H9N5. The van der Waals surface area contributed by atoms with Gasteiger partial charge in [0.2, 0.25) is 0 Å². The molecule has 0 N–H and O–H groups in total. The van der Waals surface area contributed by atoms with Crippen molar-refractivity contribution in [3.8, 4) is 5.82 Å². The van der Waals surface area contributed by atoms with Gasteiger partial charge in [0.25, 0.3) is 0 Å². The molecule has 0 unspecified atom stereocenters. The van der Waals surface area contributed by atoms with Crippen LogP contribution in [0.15, 0.2) is 19.0 Å². The van der Waals surface area contributed by atoms with Gasteiger partial charge in [0.05, 0.1) is 0 Å². The second kappa shape index (κ2) is 2.87. The van der Waals surface area contributed by atoms with Gasteiger partial charge in [-0.15, -0.1) is 0 Å². The molecule has 0 aromatic carbocycles. The molecule has 2 aromatic heterocycles. The third-order valence-electron chi connectivity index (χ3n) is 2.49. The van der Waals surface area contributed by atoms with Gasteiger partial charge in [-0.2, -0.15) is 5.10 Å². The topological polar surface area (TPSA) is 56.5 Å². The first-order valence-corrected chi connectivity index (χ1v) is 4.63. The lowest BCUT2D eigenvalue weighted by atomic mass is 10.2. The molecule has 5 heteroatoms. The molecule has 2 aromatic rings. The lowest BCUT2D eigenvalue weighted by Crippen LogP contribution is -2.04. The average Bonchev–Trinajstić information content (AvgIpc) is 2.88. The van der Waals surface area contributed by atoms with E-state index in [-0.39, 0.29) is 0 Å². The maximum Gasteiger partial charge on any atom is 0.161 e. The zero-order valence-electron chi connectivity index (χ0n) is 7.59. The standard InChI is InChI=1S/C9H9N5/c1-2-7-8(3-1)11-5-12-9(7)14-6-10-4-13-14/h4-6H,1-3H2. The fraction of sp³-hybridized carbons (Fsp3) is 0.333. The molecule has 1 aliphatic carbocycles. The van der Waals surface area contributed by atoms with E-state index in [9.17, 15) is 0 Å². The van der Waals surface area contributed by atoms with Crippen LogP contribution in [0.4, 0.5) is 0 Å². The van der Waals surface area contributed by atoms with Gasteiger partial charge in [-0.05, 0) is 19.3 Å². The second-order valence-electron chi connectivity index (χ2n) is 3.32. The molecule has 0 fully saturated rings. The Labute approximate surface area is 80.8 Å². The Morgan fingerprint density at radius 2 is 2.14 bits per heavy atom. The van der Waals surface area contributed by atoms with Crippen molar-refractivity contribution in [1.29, 1.82) is 0 Å². The summed E-state index contributed by atoms with van der Waals surface area (Å²) in [5.74, 6) is 0.880. The molecule has 3 rings (SSSR count). The van der Waals surface area contributed by atoms with Crippen molar-refractivity contribution >= 4 is 0 Å². The smallest absolute Gasteiger partial charge is 0.161 e. The van der Waals surface area contributed by atoms with Crippen molar-refractivity contribution in [3.63, 3.8) is 0 Å². The zero-order valence-corrected chi connectivity index (χ0v) is 7.59. The summed E-state index contributed by atoms with van der Waals surface area (Å²) >= 11 is 0. The van der Waals surface area contributed by atoms with Gasteiger partial charge in [-0.1, -0.05) is 0 Å². The van der Waals surface area contributed by atoms with Crippen molar-refractivity contribution in [3.05, 3.63) is 30.2 Å². The third kappa shape index (κ3) is 1.02. The number of rotatable bonds is 1. The SMILES string of the molecule is c1nc2c(c(-n3cncn3)n1)CCC2. The van der Waals surface area contributed by atoms with Gasteiger partial charge in [-0.3, -0.25) is 0 Å². The highest BCUT2D eigenvalue weighted by Crippen LogP contribution is 2.23. The van der Waals surface area contributed by atoms with E-state index in [1.807, 2.05) is 0 Å². The fourth-order valence-corrected chi connectivity index (χ4v) is 1.86. The second-order valence-corrected chi connectivity index (χ2v) is 3.32. The predicted octanol–water partition coefficient (Wildman–Crippen LogP) is 0.546. The minimum atomic E-state index is 0.880. The Morgan fingerprint density at radius 3 is 3.00 bits per heavy atom. The summed E-state index contributed by atoms with van der Waals surface area (Å²) in [6, 6.07) is 0. The molecule has 0 spiro atoms. The summed E-state index contributed by atoms with van der Waals surface area (Å²) in [6.07, 6.45) is 8.05. The minimum Gasteiger partial charge on any atom is -0.241 e. The van der Waals surface area contributed by atoms with Crippen molar-refractivity contribution in [1.82, 2.24) is 24.7 Å². The highest BCUT2D eigenvalue weighted by Gasteiger charge is 2.17. The van der Waals surface area contributed by atoms with Crippen molar-refractivity contribution in [2.24, 2.45) is 0 Å². The van der Waals surface area contributed by atoms with Crippen LogP contribution in [-0.2, 0) is 12.8 Å². The van der Waals surface area contributed by atoms with Gasteiger partial charge < -0.3 is 0 Å². The quantitative estimate of drug-likeness (QED) is 0.654. The van der Waals surface area contributed by atoms with Crippen molar-refractivity contribution < 1.29 is 0 Å². The third-order valence-corrected chi connectivity index (χ3v) is 2.49. The van der Waals surface area contributed by atoms with Crippen LogP contribution in [0, 0.1) is 0 Å². The number of fused-ring (bicyclic) bond motifs is 1. The van der Waals surface area contributed by atoms with Crippen LogP contribution >= 0.6 is 0 Å². The van der Waals surface area contributed by atoms with E-state index in [4.69, 9.17) is 0 Å². The number of hydrogen-bond acceptors (Lipinski definition) is 4. The van der Waals surface area contributed by atoms with Crippen LogP contribution in [-0.4, -0.2) is 24.7 Å². The Kier molecular flexibility index (Phi) is 1.56. The van der Waals surface area contributed by atoms with Crippen LogP contribution in [0.25, 0.3) is 5.82 Å². The van der Waals surface area contributed by atoms with Gasteiger partial charge in [0, 0.05) is 11.3 Å². The normalized spacial score (nSPS) is 14.3. The van der Waals surface area contributed by atoms with E-state index in [0.29, 0.717) is 0 Å². The van der Waals surface area contributed by atoms with E-state index in [2.05, 4.69) is 20.1 Å². The summed E-state index contributed by atoms with van der Waals surface area (Å²) in [6.45, 7) is 0. The van der Waals surface area contributed by atoms with Crippen molar-refractivity contribution in [2.75, 3.05) is 0 Å². The molecule has 14 heavy (non-hydrogen) atoms. The first-order valence-electron chi connectivity index (χ1n) is 4.63. The average molecular weight is 187 g/mol. The van der Waals surface area contributed by atoms with Gasteiger partial charge in [0.15, 0.2) is 5.82 Å². The largest absolute Gasteiger partial charge is 0.241 e. The lowest BCUT2D eigenvalue weighted by molar-refractivity contribution is 0.818. The Bertz CT molecular complexity index is 448. The summed E-state index contributed by atoms with van der Waals surface area (Å²) in [5, 5.41) is 4.08. The van der Waals surface area contributed by atoms with Crippen LogP contribution in [0.2, 0.25) is 0 Å². The number of nitrogens with zero attached hydrogens (tertiary/aromatic N) is 5. The first kappa shape index (κ1) is 7.61. The Morgan fingerprint density at radius 1 is 1.14 bits per heavy atom. The summed E-state index contributed by atoms with van der Waals surface area (Å²) in [5.41, 5.74) is 2.38. The van der Waals surface area contributed by atoms with Crippen LogP contribution in [0.1, 0.15) is 17.7 Å². The van der Waals surface area contributed by atoms with Gasteiger partial charge >= 0.3 is 0 Å². The molecule has 0 bridgehead atoms. The van der Waals surface area contributed by atoms with E-state index in [0.717, 1.165) is 30.8 Å². The summed E-state index contributed by atoms with van der Waals surface area (Å²) in [4.78, 5) is 12.4. The summed E-state index contributed by atoms with van der Waals surface area (Å²) in [7, 11) is 0. The molecule has 0 saturated carbocycles. The highest BCUT2D eigenvalue weighted by atomic mass is 15.3. The summed E-state index contributed by atoms with van der Waals surface area (Å²) < 4.78 is 1.70. The molecule has 0 saturated heterocycles. The maximum atomic E-state index is 4.26. The minimum absolute atomic E-state index is 0.880. The Balaban J connectivity index is 2.20. The number of aryl methyl sites for hydroxylation is 1. The number of hydrogen-bond donors (Lipinski definition) is 0. The van der Waals surface area contributed by atoms with E-state index in [1.165, 1.54) is 11.9 Å². The zero-order chi connectivity index (χ0) is 9.38. The molecule has 1 aliphatic rings. The van der Waals surface area contributed by atoms with Crippen LogP contribution < -0.4 is 0 Å². The molecule has 0 amide bonds. The first-order chi connectivity index (χ1) is 6.95. The fourth-order valence-electron chi connectivity index (χ4n) is 1.86. The molecular weight excluding hydrogens is 178 g/mol. The molecule has 0 radical (unpaired) electrons. The Hall–Kier alpha value is -1.78. The van der Waals surface area contributed by atoms with Crippen molar-refractivity contribution in [2.45, 2.75) is 19.3 Å². The molecule has 70 valence electrons. The molecule has 5 nitrogen and oxygen atoms in total. The molecule has 0 atom stereocenters. The monoisotopic (exact) mass is 187 g/mol. The molecule has 0 aliphatic heterocycles. The lowest BCUT2D eigenvalue weighted by Gasteiger charge is -2.04. The van der Waals surface area contributed by atoms with Gasteiger partial charge in [0.1, 0.15) is 19.0 Å². The van der Waals surface area contributed by atoms with Gasteiger partial charge in [-0.25, -0.2) is 19.6 Å². The van der Waals surface area contributed by atoms with Crippen LogP contribution in [0.5, 0.6) is 0 Å². The molecule has 2 heterocycles. The van der Waals surface area contributed by atoms with E-state index < -0.39 is 0 Å². The number of aromatic nitrogens is 5. The van der Waals surface area contributed by atoms with E-state index >= 15 is 0 Å². The highest BCUT2D eigenvalue weighted by molar-refractivity contribution is 5.38. The van der Waals surface area contributed by atoms with Crippen LogP contribution in [0.3, 0.4) is 0 Å².